The Balaban J connectivity index is 2.75. The normalized spacial score (nSPS) is 12.1. The number of sulfonamides is 1. The summed E-state index contributed by atoms with van der Waals surface area (Å²) < 4.78 is 22.0. The Morgan fingerprint density at radius 1 is 1.50 bits per heavy atom. The van der Waals surface area contributed by atoms with Crippen molar-refractivity contribution in [2.45, 2.75) is 4.21 Å². The van der Waals surface area contributed by atoms with E-state index in [-0.39, 0.29) is 9.49 Å². The van der Waals surface area contributed by atoms with Crippen LogP contribution in [0.15, 0.2) is 16.5 Å². The smallest absolute Gasteiger partial charge is 0.226 e. The lowest BCUT2D eigenvalue weighted by molar-refractivity contribution is 0.600. The van der Waals surface area contributed by atoms with Gasteiger partial charge in [0, 0.05) is 11.6 Å². The summed E-state index contributed by atoms with van der Waals surface area (Å²) in [6.07, 6.45) is 1.45. The van der Waals surface area contributed by atoms with E-state index in [1.165, 1.54) is 12.3 Å². The molecule has 0 fully saturated rings. The van der Waals surface area contributed by atoms with Crippen molar-refractivity contribution in [1.29, 1.82) is 0 Å². The van der Waals surface area contributed by atoms with Crippen LogP contribution >= 0.6 is 22.9 Å². The highest BCUT2D eigenvalue weighted by Gasteiger charge is 2.13. The maximum absolute atomic E-state index is 11.0. The minimum absolute atomic E-state index is 0.0593. The van der Waals surface area contributed by atoms with E-state index in [2.05, 4.69) is 9.97 Å². The molecule has 0 aromatic carbocycles. The van der Waals surface area contributed by atoms with Crippen LogP contribution in [0.4, 0.5) is 0 Å². The molecule has 2 aromatic rings. The average Bonchev–Trinajstić information content (AvgIpc) is 2.45. The molecule has 14 heavy (non-hydrogen) atoms. The Kier molecular flexibility index (Phi) is 2.18. The first kappa shape index (κ1) is 9.78. The van der Waals surface area contributed by atoms with Crippen LogP contribution in [-0.2, 0) is 10.0 Å². The molecule has 5 nitrogen and oxygen atoms in total. The summed E-state index contributed by atoms with van der Waals surface area (Å²) in [5.41, 5.74) is 0. The van der Waals surface area contributed by atoms with Gasteiger partial charge in [0.15, 0.2) is 0 Å². The van der Waals surface area contributed by atoms with Crippen molar-refractivity contribution >= 4 is 43.2 Å². The molecule has 0 amide bonds. The zero-order valence-corrected chi connectivity index (χ0v) is 9.03. The fourth-order valence-electron chi connectivity index (χ4n) is 0.928. The summed E-state index contributed by atoms with van der Waals surface area (Å²) >= 11 is 6.52. The SMILES string of the molecule is NS(=O)(=O)c1cc2cnc(Cl)nc2s1. The maximum atomic E-state index is 11.0. The van der Waals surface area contributed by atoms with Crippen molar-refractivity contribution in [1.82, 2.24) is 9.97 Å². The Labute approximate surface area is 88.6 Å². The van der Waals surface area contributed by atoms with E-state index >= 15 is 0 Å². The summed E-state index contributed by atoms with van der Waals surface area (Å²) in [7, 11) is -3.67. The van der Waals surface area contributed by atoms with Crippen LogP contribution in [0.25, 0.3) is 10.2 Å². The average molecular weight is 250 g/mol. The van der Waals surface area contributed by atoms with E-state index in [1.807, 2.05) is 0 Å². The van der Waals surface area contributed by atoms with Gasteiger partial charge in [-0.25, -0.2) is 23.5 Å². The highest BCUT2D eigenvalue weighted by molar-refractivity contribution is 7.91. The number of primary sulfonamides is 1. The van der Waals surface area contributed by atoms with Gasteiger partial charge in [-0.15, -0.1) is 11.3 Å². The fourth-order valence-corrected chi connectivity index (χ4v) is 2.84. The molecule has 2 aromatic heterocycles. The third kappa shape index (κ3) is 1.71. The maximum Gasteiger partial charge on any atom is 0.247 e. The lowest BCUT2D eigenvalue weighted by atomic mass is 10.4. The van der Waals surface area contributed by atoms with Gasteiger partial charge in [0.05, 0.1) is 0 Å². The largest absolute Gasteiger partial charge is 0.247 e. The molecule has 0 bridgehead atoms. The number of nitrogens with two attached hydrogens (primary N) is 1. The fraction of sp³-hybridized carbons (Fsp3) is 0. The zero-order chi connectivity index (χ0) is 10.3. The molecule has 8 heteroatoms. The molecule has 0 unspecified atom stereocenters. The molecule has 0 atom stereocenters. The van der Waals surface area contributed by atoms with Crippen molar-refractivity contribution in [2.24, 2.45) is 5.14 Å². The van der Waals surface area contributed by atoms with Crippen molar-refractivity contribution in [2.75, 3.05) is 0 Å². The number of hydrogen-bond donors (Lipinski definition) is 1. The first-order valence-electron chi connectivity index (χ1n) is 3.42. The van der Waals surface area contributed by atoms with Crippen LogP contribution in [0.3, 0.4) is 0 Å². The van der Waals surface area contributed by atoms with E-state index in [1.54, 1.807) is 0 Å². The molecule has 0 aliphatic rings. The Bertz CT molecular complexity index is 592. The van der Waals surface area contributed by atoms with Crippen molar-refractivity contribution in [3.63, 3.8) is 0 Å². The number of halogens is 1. The van der Waals surface area contributed by atoms with Crippen LogP contribution in [0.2, 0.25) is 5.28 Å². The predicted molar refractivity (Wildman–Crippen MR) is 53.8 cm³/mol. The van der Waals surface area contributed by atoms with Gasteiger partial charge in [-0.1, -0.05) is 0 Å². The molecule has 2 rings (SSSR count). The number of rotatable bonds is 1. The minimum atomic E-state index is -3.67. The number of hydrogen-bond acceptors (Lipinski definition) is 5. The molecule has 74 valence electrons. The molecular weight excluding hydrogens is 246 g/mol. The second-order valence-corrected chi connectivity index (χ2v) is 5.67. The van der Waals surface area contributed by atoms with Gasteiger partial charge in [0.2, 0.25) is 15.3 Å². The first-order chi connectivity index (χ1) is 6.47. The Hall–Kier alpha value is -0.760. The van der Waals surface area contributed by atoms with Crippen LogP contribution in [0.1, 0.15) is 0 Å². The molecular formula is C6H4ClN3O2S2. The number of fused-ring (bicyclic) bond motifs is 1. The minimum Gasteiger partial charge on any atom is -0.226 e. The van der Waals surface area contributed by atoms with Gasteiger partial charge >= 0.3 is 0 Å². The summed E-state index contributed by atoms with van der Waals surface area (Å²) in [6.45, 7) is 0. The zero-order valence-electron chi connectivity index (χ0n) is 6.64. The van der Waals surface area contributed by atoms with E-state index in [0.29, 0.717) is 10.2 Å². The van der Waals surface area contributed by atoms with Gasteiger partial charge in [0.25, 0.3) is 0 Å². The van der Waals surface area contributed by atoms with E-state index in [9.17, 15) is 8.42 Å². The predicted octanol–water partition coefficient (Wildman–Crippen LogP) is 0.992. The van der Waals surface area contributed by atoms with E-state index in [0.717, 1.165) is 11.3 Å². The number of aromatic nitrogens is 2. The summed E-state index contributed by atoms with van der Waals surface area (Å²) in [4.78, 5) is 8.10. The highest BCUT2D eigenvalue weighted by Crippen LogP contribution is 2.26. The van der Waals surface area contributed by atoms with Gasteiger partial charge < -0.3 is 0 Å². The molecule has 2 N–H and O–H groups in total. The third-order valence-corrected chi connectivity index (χ3v) is 4.15. The summed E-state index contributed by atoms with van der Waals surface area (Å²) in [6, 6.07) is 1.42. The van der Waals surface area contributed by atoms with Gasteiger partial charge in [-0.3, -0.25) is 0 Å². The molecule has 2 heterocycles. The second kappa shape index (κ2) is 3.13. The molecule has 0 saturated carbocycles. The first-order valence-corrected chi connectivity index (χ1v) is 6.16. The van der Waals surface area contributed by atoms with Crippen molar-refractivity contribution in [3.05, 3.63) is 17.5 Å². The Morgan fingerprint density at radius 2 is 2.21 bits per heavy atom. The van der Waals surface area contributed by atoms with Crippen LogP contribution in [0.5, 0.6) is 0 Å². The molecule has 0 aliphatic heterocycles. The highest BCUT2D eigenvalue weighted by atomic mass is 35.5. The van der Waals surface area contributed by atoms with Crippen LogP contribution < -0.4 is 5.14 Å². The lowest BCUT2D eigenvalue weighted by Gasteiger charge is -1.86. The standard InChI is InChI=1S/C6H4ClN3O2S2/c7-6-9-2-3-1-4(14(8,11)12)13-5(3)10-6/h1-2H,(H2,8,11,12). The summed E-state index contributed by atoms with van der Waals surface area (Å²) in [5, 5.41) is 5.66. The molecule has 0 aliphatic carbocycles. The lowest BCUT2D eigenvalue weighted by Crippen LogP contribution is -2.09. The van der Waals surface area contributed by atoms with Gasteiger partial charge in [-0.2, -0.15) is 0 Å². The van der Waals surface area contributed by atoms with Crippen LogP contribution in [0, 0.1) is 0 Å². The monoisotopic (exact) mass is 249 g/mol. The molecule has 0 spiro atoms. The summed E-state index contributed by atoms with van der Waals surface area (Å²) in [5.74, 6) is 0. The Morgan fingerprint density at radius 3 is 2.86 bits per heavy atom. The third-order valence-electron chi connectivity index (χ3n) is 1.50. The number of nitrogens with zero attached hydrogens (tertiary/aromatic N) is 2. The quantitative estimate of drug-likeness (QED) is 0.764. The van der Waals surface area contributed by atoms with Gasteiger partial charge in [-0.05, 0) is 17.7 Å². The number of thiophene rings is 1. The van der Waals surface area contributed by atoms with Crippen molar-refractivity contribution < 1.29 is 8.42 Å². The van der Waals surface area contributed by atoms with E-state index < -0.39 is 10.0 Å². The second-order valence-electron chi connectivity index (χ2n) is 2.51. The van der Waals surface area contributed by atoms with E-state index in [4.69, 9.17) is 16.7 Å². The topological polar surface area (TPSA) is 85.9 Å². The van der Waals surface area contributed by atoms with Crippen LogP contribution in [-0.4, -0.2) is 18.4 Å². The van der Waals surface area contributed by atoms with Gasteiger partial charge in [0.1, 0.15) is 9.04 Å². The molecule has 0 saturated heterocycles. The molecule has 0 radical (unpaired) electrons. The van der Waals surface area contributed by atoms with Crippen molar-refractivity contribution in [3.8, 4) is 0 Å².